The van der Waals surface area contributed by atoms with Gasteiger partial charge in [-0.25, -0.2) is 9.59 Å². The van der Waals surface area contributed by atoms with Gasteiger partial charge >= 0.3 is 11.9 Å². The van der Waals surface area contributed by atoms with Crippen LogP contribution in [0.1, 0.15) is 58.8 Å². The fourth-order valence-corrected chi connectivity index (χ4v) is 3.18. The maximum Gasteiger partial charge on any atom is 0.340 e. The first-order valence-corrected chi connectivity index (χ1v) is 10.6. The molecule has 0 bridgehead atoms. The number of phenols is 1. The lowest BCUT2D eigenvalue weighted by Crippen LogP contribution is -2.14. The van der Waals surface area contributed by atoms with Crippen LogP contribution in [0, 0.1) is 0 Å². The molecule has 3 aromatic rings. The van der Waals surface area contributed by atoms with Crippen molar-refractivity contribution < 1.29 is 29.0 Å². The third-order valence-corrected chi connectivity index (χ3v) is 4.66. The number of hydrogen-bond donors (Lipinski definition) is 2. The molecule has 34 heavy (non-hydrogen) atoms. The Hall–Kier alpha value is -4.27. The predicted molar refractivity (Wildman–Crippen MR) is 126 cm³/mol. The molecule has 0 unspecified atom stereocenters. The molecule has 0 aromatic heterocycles. The SMILES string of the molecule is CC(C)OC(=O)c1ccc(C(=O)OC(C)C)c(N=Nc2c(O)c(C(N)=O)cc3ccccc23)c1. The van der Waals surface area contributed by atoms with Crippen LogP contribution >= 0.6 is 0 Å². The van der Waals surface area contributed by atoms with E-state index in [1.807, 2.05) is 0 Å². The monoisotopic (exact) mass is 463 g/mol. The zero-order valence-corrected chi connectivity index (χ0v) is 19.2. The third kappa shape index (κ3) is 5.37. The number of ether oxygens (including phenoxy) is 2. The van der Waals surface area contributed by atoms with E-state index in [4.69, 9.17) is 15.2 Å². The Labute approximate surface area is 196 Å². The highest BCUT2D eigenvalue weighted by Gasteiger charge is 2.20. The Kier molecular flexibility index (Phi) is 7.25. The summed E-state index contributed by atoms with van der Waals surface area (Å²) in [6, 6.07) is 12.6. The molecule has 3 aromatic carbocycles. The molecule has 9 heteroatoms. The van der Waals surface area contributed by atoms with Crippen molar-refractivity contribution in [2.45, 2.75) is 39.9 Å². The number of nitrogens with zero attached hydrogens (tertiary/aromatic N) is 2. The van der Waals surface area contributed by atoms with Gasteiger partial charge in [-0.2, -0.15) is 0 Å². The molecule has 0 saturated heterocycles. The van der Waals surface area contributed by atoms with E-state index in [9.17, 15) is 19.5 Å². The van der Waals surface area contributed by atoms with Crippen LogP contribution in [-0.2, 0) is 9.47 Å². The second kappa shape index (κ2) is 10.1. The Bertz CT molecular complexity index is 1300. The normalized spacial score (nSPS) is 11.4. The topological polar surface area (TPSA) is 141 Å². The number of hydrogen-bond acceptors (Lipinski definition) is 8. The lowest BCUT2D eigenvalue weighted by atomic mass is 10.0. The summed E-state index contributed by atoms with van der Waals surface area (Å²) in [6.45, 7) is 6.83. The molecule has 3 rings (SSSR count). The quantitative estimate of drug-likeness (QED) is 0.365. The highest BCUT2D eigenvalue weighted by molar-refractivity contribution is 6.06. The zero-order valence-electron chi connectivity index (χ0n) is 19.2. The van der Waals surface area contributed by atoms with Crippen molar-refractivity contribution in [1.29, 1.82) is 0 Å². The molecule has 176 valence electrons. The highest BCUT2D eigenvalue weighted by Crippen LogP contribution is 2.39. The number of benzene rings is 3. The largest absolute Gasteiger partial charge is 0.505 e. The number of nitrogens with two attached hydrogens (primary N) is 1. The molecule has 0 spiro atoms. The van der Waals surface area contributed by atoms with Gasteiger partial charge in [-0.3, -0.25) is 4.79 Å². The van der Waals surface area contributed by atoms with Crippen LogP contribution in [0.3, 0.4) is 0 Å². The van der Waals surface area contributed by atoms with Crippen LogP contribution in [0.2, 0.25) is 0 Å². The molecular formula is C25H25N3O6. The Morgan fingerprint density at radius 3 is 2.15 bits per heavy atom. The molecule has 0 radical (unpaired) electrons. The van der Waals surface area contributed by atoms with Gasteiger partial charge in [0.15, 0.2) is 5.75 Å². The van der Waals surface area contributed by atoms with E-state index in [0.717, 1.165) is 0 Å². The second-order valence-electron chi connectivity index (χ2n) is 8.05. The van der Waals surface area contributed by atoms with Crippen molar-refractivity contribution in [2.75, 3.05) is 0 Å². The number of azo groups is 1. The minimum atomic E-state index is -0.834. The average Bonchev–Trinajstić information content (AvgIpc) is 2.76. The molecule has 0 saturated carbocycles. The highest BCUT2D eigenvalue weighted by atomic mass is 16.5. The Morgan fingerprint density at radius 1 is 0.853 bits per heavy atom. The summed E-state index contributed by atoms with van der Waals surface area (Å²) in [7, 11) is 0. The van der Waals surface area contributed by atoms with Crippen LogP contribution in [0.25, 0.3) is 10.8 Å². The van der Waals surface area contributed by atoms with E-state index < -0.39 is 23.6 Å². The maximum atomic E-state index is 12.6. The van der Waals surface area contributed by atoms with E-state index in [1.54, 1.807) is 52.0 Å². The molecule has 0 atom stereocenters. The standard InChI is InChI=1S/C25H25N3O6/c1-13(2)33-24(31)16-9-10-18(25(32)34-14(3)4)20(12-16)27-28-21-17-8-6-5-7-15(17)11-19(22(21)29)23(26)30/h5-14,29H,1-4H3,(H2,26,30). The molecule has 9 nitrogen and oxygen atoms in total. The van der Waals surface area contributed by atoms with Gasteiger partial charge in [0.05, 0.1) is 28.9 Å². The smallest absolute Gasteiger partial charge is 0.340 e. The van der Waals surface area contributed by atoms with Crippen LogP contribution in [0.5, 0.6) is 5.75 Å². The number of carbonyl (C=O) groups excluding carboxylic acids is 3. The lowest BCUT2D eigenvalue weighted by molar-refractivity contribution is 0.0362. The number of fused-ring (bicyclic) bond motifs is 1. The average molecular weight is 463 g/mol. The first-order chi connectivity index (χ1) is 16.1. The molecule has 0 aliphatic rings. The van der Waals surface area contributed by atoms with Gasteiger partial charge in [0, 0.05) is 5.39 Å². The maximum absolute atomic E-state index is 12.6. The lowest BCUT2D eigenvalue weighted by Gasteiger charge is -2.12. The number of carbonyl (C=O) groups is 3. The Balaban J connectivity index is 2.17. The number of aromatic hydroxyl groups is 1. The van der Waals surface area contributed by atoms with Crippen LogP contribution in [0.4, 0.5) is 11.4 Å². The second-order valence-corrected chi connectivity index (χ2v) is 8.05. The van der Waals surface area contributed by atoms with Crippen molar-refractivity contribution in [3.8, 4) is 5.75 Å². The van der Waals surface area contributed by atoms with E-state index in [2.05, 4.69) is 10.2 Å². The van der Waals surface area contributed by atoms with Gasteiger partial charge in [-0.05, 0) is 57.3 Å². The summed E-state index contributed by atoms with van der Waals surface area (Å²) in [5, 5.41) is 20.1. The predicted octanol–water partition coefficient (Wildman–Crippen LogP) is 5.19. The number of rotatable bonds is 7. The van der Waals surface area contributed by atoms with E-state index in [-0.39, 0.29) is 40.3 Å². The first-order valence-electron chi connectivity index (χ1n) is 10.6. The molecule has 1 amide bonds. The summed E-state index contributed by atoms with van der Waals surface area (Å²) < 4.78 is 10.5. The zero-order chi connectivity index (χ0) is 25.0. The molecule has 0 heterocycles. The summed E-state index contributed by atoms with van der Waals surface area (Å²) >= 11 is 0. The van der Waals surface area contributed by atoms with Gasteiger partial charge in [-0.15, -0.1) is 10.2 Å². The molecule has 3 N–H and O–H groups in total. The minimum absolute atomic E-state index is 0.00904. The van der Waals surface area contributed by atoms with Crippen molar-refractivity contribution >= 4 is 40.0 Å². The first kappa shape index (κ1) is 24.4. The van der Waals surface area contributed by atoms with Crippen molar-refractivity contribution in [3.63, 3.8) is 0 Å². The van der Waals surface area contributed by atoms with E-state index in [0.29, 0.717) is 10.8 Å². The number of amides is 1. The number of esters is 2. The summed E-state index contributed by atoms with van der Waals surface area (Å²) in [5.74, 6) is -2.54. The van der Waals surface area contributed by atoms with E-state index in [1.165, 1.54) is 24.3 Å². The van der Waals surface area contributed by atoms with Crippen LogP contribution < -0.4 is 5.73 Å². The van der Waals surface area contributed by atoms with Crippen molar-refractivity contribution in [3.05, 3.63) is 65.2 Å². The Morgan fingerprint density at radius 2 is 1.50 bits per heavy atom. The van der Waals surface area contributed by atoms with Crippen molar-refractivity contribution in [2.24, 2.45) is 16.0 Å². The third-order valence-electron chi connectivity index (χ3n) is 4.66. The van der Waals surface area contributed by atoms with Crippen LogP contribution in [-0.4, -0.2) is 35.2 Å². The van der Waals surface area contributed by atoms with Crippen LogP contribution in [0.15, 0.2) is 58.8 Å². The van der Waals surface area contributed by atoms with E-state index >= 15 is 0 Å². The number of primary amides is 1. The van der Waals surface area contributed by atoms with Gasteiger partial charge in [0.25, 0.3) is 5.91 Å². The van der Waals surface area contributed by atoms with Gasteiger partial charge in [0.1, 0.15) is 11.4 Å². The van der Waals surface area contributed by atoms with Gasteiger partial charge < -0.3 is 20.3 Å². The molecule has 0 fully saturated rings. The molecule has 0 aliphatic heterocycles. The molecule has 0 aliphatic carbocycles. The summed E-state index contributed by atoms with van der Waals surface area (Å²) in [4.78, 5) is 36.8. The van der Waals surface area contributed by atoms with Gasteiger partial charge in [-0.1, -0.05) is 24.3 Å². The summed E-state index contributed by atoms with van der Waals surface area (Å²) in [6.07, 6.45) is -0.730. The molecular weight excluding hydrogens is 438 g/mol. The minimum Gasteiger partial charge on any atom is -0.505 e. The fraction of sp³-hybridized carbons (Fsp3) is 0.240. The van der Waals surface area contributed by atoms with Gasteiger partial charge in [0.2, 0.25) is 0 Å². The van der Waals surface area contributed by atoms with Crippen molar-refractivity contribution in [1.82, 2.24) is 0 Å². The fourth-order valence-electron chi connectivity index (χ4n) is 3.18. The summed E-state index contributed by atoms with van der Waals surface area (Å²) in [5.41, 5.74) is 5.51.